The van der Waals surface area contributed by atoms with E-state index in [1.807, 2.05) is 13.8 Å². The van der Waals surface area contributed by atoms with Crippen molar-refractivity contribution in [3.63, 3.8) is 0 Å². The van der Waals surface area contributed by atoms with E-state index in [9.17, 15) is 4.79 Å². The Balaban J connectivity index is 0. The second-order valence-corrected chi connectivity index (χ2v) is 3.78. The van der Waals surface area contributed by atoms with Gasteiger partial charge in [-0.3, -0.25) is 9.79 Å². The zero-order chi connectivity index (χ0) is 13.1. The number of halogens is 1. The van der Waals surface area contributed by atoms with Crippen LogP contribution in [0, 0.1) is 0 Å². The predicted octanol–water partition coefficient (Wildman–Crippen LogP) is 0.331. The van der Waals surface area contributed by atoms with Gasteiger partial charge in [-0.1, -0.05) is 6.92 Å². The lowest BCUT2D eigenvalue weighted by molar-refractivity contribution is -0.120. The van der Waals surface area contributed by atoms with Gasteiger partial charge in [0.2, 0.25) is 5.91 Å². The first kappa shape index (κ1) is 19.8. The summed E-state index contributed by atoms with van der Waals surface area (Å²) in [4.78, 5) is 15.4. The third kappa shape index (κ3) is 10.6. The van der Waals surface area contributed by atoms with Gasteiger partial charge >= 0.3 is 0 Å². The molecule has 1 atom stereocenters. The molecule has 0 rings (SSSR count). The molecule has 0 aliphatic heterocycles. The first-order chi connectivity index (χ1) is 8.13. The maximum atomic E-state index is 11.4. The van der Waals surface area contributed by atoms with Crippen molar-refractivity contribution in [2.24, 2.45) is 4.99 Å². The van der Waals surface area contributed by atoms with Crippen molar-refractivity contribution in [2.45, 2.75) is 26.3 Å². The molecule has 0 saturated carbocycles. The summed E-state index contributed by atoms with van der Waals surface area (Å²) in [6.45, 7) is 5.50. The van der Waals surface area contributed by atoms with Gasteiger partial charge in [-0.25, -0.2) is 0 Å². The molecule has 0 aliphatic rings. The maximum absolute atomic E-state index is 11.4. The van der Waals surface area contributed by atoms with E-state index in [0.717, 1.165) is 6.42 Å². The fourth-order valence-electron chi connectivity index (χ4n) is 1.21. The Hall–Kier alpha value is -0.570. The molecular formula is C11H25IN4O2. The van der Waals surface area contributed by atoms with Gasteiger partial charge in [0, 0.05) is 26.7 Å². The van der Waals surface area contributed by atoms with E-state index < -0.39 is 0 Å². The SMILES string of the molecule is CCCNC(=O)CNC(=NC)NC(C)COC.I. The van der Waals surface area contributed by atoms with E-state index >= 15 is 0 Å². The van der Waals surface area contributed by atoms with Crippen molar-refractivity contribution in [1.82, 2.24) is 16.0 Å². The van der Waals surface area contributed by atoms with Gasteiger partial charge in [-0.2, -0.15) is 0 Å². The predicted molar refractivity (Wildman–Crippen MR) is 84.6 cm³/mol. The minimum absolute atomic E-state index is 0. The Morgan fingerprint density at radius 1 is 1.39 bits per heavy atom. The molecule has 108 valence electrons. The molecule has 0 fully saturated rings. The van der Waals surface area contributed by atoms with Gasteiger partial charge in [0.25, 0.3) is 0 Å². The number of carbonyl (C=O) groups is 1. The summed E-state index contributed by atoms with van der Waals surface area (Å²) in [6.07, 6.45) is 0.934. The molecule has 0 aromatic heterocycles. The number of carbonyl (C=O) groups excluding carboxylic acids is 1. The maximum Gasteiger partial charge on any atom is 0.239 e. The number of ether oxygens (including phenoxy) is 1. The van der Waals surface area contributed by atoms with Gasteiger partial charge in [0.15, 0.2) is 5.96 Å². The summed E-state index contributed by atoms with van der Waals surface area (Å²) in [6, 6.07) is 0.143. The van der Waals surface area contributed by atoms with Crippen molar-refractivity contribution in [1.29, 1.82) is 0 Å². The second kappa shape index (κ2) is 12.9. The Labute approximate surface area is 126 Å². The van der Waals surface area contributed by atoms with Gasteiger partial charge in [0.1, 0.15) is 0 Å². The number of guanidine groups is 1. The normalized spacial score (nSPS) is 12.3. The summed E-state index contributed by atoms with van der Waals surface area (Å²) in [5.74, 6) is 0.565. The lowest BCUT2D eigenvalue weighted by Crippen LogP contribution is -2.47. The molecule has 1 amide bonds. The minimum Gasteiger partial charge on any atom is -0.383 e. The van der Waals surface area contributed by atoms with Crippen molar-refractivity contribution in [2.75, 3.05) is 33.9 Å². The topological polar surface area (TPSA) is 74.8 Å². The molecule has 0 aromatic rings. The average Bonchev–Trinajstić information content (AvgIpc) is 2.32. The highest BCUT2D eigenvalue weighted by atomic mass is 127. The number of aliphatic imine (C=N–C) groups is 1. The van der Waals surface area contributed by atoms with Crippen LogP contribution in [0.2, 0.25) is 0 Å². The van der Waals surface area contributed by atoms with Crippen LogP contribution in [0.25, 0.3) is 0 Å². The molecule has 18 heavy (non-hydrogen) atoms. The first-order valence-corrected chi connectivity index (χ1v) is 5.86. The minimum atomic E-state index is -0.0332. The molecule has 0 aliphatic carbocycles. The van der Waals surface area contributed by atoms with Crippen LogP contribution in [0.5, 0.6) is 0 Å². The number of nitrogens with one attached hydrogen (secondary N) is 3. The van der Waals surface area contributed by atoms with Gasteiger partial charge in [0.05, 0.1) is 13.2 Å². The Morgan fingerprint density at radius 2 is 2.06 bits per heavy atom. The Bertz CT molecular complexity index is 249. The largest absolute Gasteiger partial charge is 0.383 e. The van der Waals surface area contributed by atoms with Gasteiger partial charge < -0.3 is 20.7 Å². The highest BCUT2D eigenvalue weighted by Crippen LogP contribution is 1.82. The molecule has 0 bridgehead atoms. The van der Waals surface area contributed by atoms with E-state index in [4.69, 9.17) is 4.74 Å². The molecule has 6 nitrogen and oxygen atoms in total. The molecular weight excluding hydrogens is 347 g/mol. The zero-order valence-electron chi connectivity index (χ0n) is 11.6. The number of hydrogen-bond acceptors (Lipinski definition) is 3. The van der Waals surface area contributed by atoms with Crippen LogP contribution in [0.15, 0.2) is 4.99 Å². The highest BCUT2D eigenvalue weighted by Gasteiger charge is 2.06. The number of methoxy groups -OCH3 is 1. The van der Waals surface area contributed by atoms with Crippen molar-refractivity contribution in [3.8, 4) is 0 Å². The fourth-order valence-corrected chi connectivity index (χ4v) is 1.21. The lowest BCUT2D eigenvalue weighted by Gasteiger charge is -2.16. The summed E-state index contributed by atoms with van der Waals surface area (Å²) in [7, 11) is 3.31. The van der Waals surface area contributed by atoms with Gasteiger partial charge in [-0.05, 0) is 13.3 Å². The van der Waals surface area contributed by atoms with Crippen LogP contribution < -0.4 is 16.0 Å². The van der Waals surface area contributed by atoms with Crippen molar-refractivity contribution in [3.05, 3.63) is 0 Å². The summed E-state index contributed by atoms with van der Waals surface area (Å²) < 4.78 is 5.00. The Kier molecular flexibility index (Phi) is 14.1. The number of amides is 1. The van der Waals surface area contributed by atoms with E-state index in [2.05, 4.69) is 20.9 Å². The highest BCUT2D eigenvalue weighted by molar-refractivity contribution is 14.0. The van der Waals surface area contributed by atoms with Crippen LogP contribution in [-0.2, 0) is 9.53 Å². The van der Waals surface area contributed by atoms with Crippen LogP contribution in [0.4, 0.5) is 0 Å². The molecule has 1 unspecified atom stereocenters. The van der Waals surface area contributed by atoms with Crippen LogP contribution in [0.3, 0.4) is 0 Å². The fraction of sp³-hybridized carbons (Fsp3) is 0.818. The summed E-state index contributed by atoms with van der Waals surface area (Å²) in [5, 5.41) is 8.83. The number of hydrogen-bond donors (Lipinski definition) is 3. The first-order valence-electron chi connectivity index (χ1n) is 5.86. The molecule has 0 heterocycles. The smallest absolute Gasteiger partial charge is 0.239 e. The molecule has 0 saturated heterocycles. The lowest BCUT2D eigenvalue weighted by atomic mass is 10.4. The summed E-state index contributed by atoms with van der Waals surface area (Å²) in [5.41, 5.74) is 0. The van der Waals surface area contributed by atoms with Crippen molar-refractivity contribution >= 4 is 35.8 Å². The van der Waals surface area contributed by atoms with E-state index in [0.29, 0.717) is 19.1 Å². The van der Waals surface area contributed by atoms with E-state index in [1.54, 1.807) is 14.2 Å². The third-order valence-electron chi connectivity index (χ3n) is 2.01. The van der Waals surface area contributed by atoms with Crippen LogP contribution in [-0.4, -0.2) is 51.8 Å². The quantitative estimate of drug-likeness (QED) is 0.342. The molecule has 0 spiro atoms. The molecule has 0 aromatic carbocycles. The average molecular weight is 372 g/mol. The monoisotopic (exact) mass is 372 g/mol. The van der Waals surface area contributed by atoms with Crippen LogP contribution in [0.1, 0.15) is 20.3 Å². The molecule has 7 heteroatoms. The molecule has 0 radical (unpaired) electrons. The van der Waals surface area contributed by atoms with Gasteiger partial charge in [-0.15, -0.1) is 24.0 Å². The van der Waals surface area contributed by atoms with Crippen molar-refractivity contribution < 1.29 is 9.53 Å². The van der Waals surface area contributed by atoms with E-state index in [1.165, 1.54) is 0 Å². The second-order valence-electron chi connectivity index (χ2n) is 3.78. The molecule has 3 N–H and O–H groups in total. The number of nitrogens with zero attached hydrogens (tertiary/aromatic N) is 1. The third-order valence-corrected chi connectivity index (χ3v) is 2.01. The summed E-state index contributed by atoms with van der Waals surface area (Å²) >= 11 is 0. The number of rotatable bonds is 7. The van der Waals surface area contributed by atoms with E-state index in [-0.39, 0.29) is 42.5 Å². The zero-order valence-corrected chi connectivity index (χ0v) is 13.9. The Morgan fingerprint density at radius 3 is 2.56 bits per heavy atom. The standard InChI is InChI=1S/C11H24N4O2.HI/c1-5-6-13-10(16)7-14-11(12-3)15-9(2)8-17-4;/h9H,5-8H2,1-4H3,(H,13,16)(H2,12,14,15);1H. The van der Waals surface area contributed by atoms with Crippen LogP contribution >= 0.6 is 24.0 Å².